The molecule has 0 rings (SSSR count). The van der Waals surface area contributed by atoms with Crippen LogP contribution in [-0.4, -0.2) is 130 Å². The van der Waals surface area contributed by atoms with E-state index in [4.69, 9.17) is 10.5 Å². The zero-order valence-corrected chi connectivity index (χ0v) is 37.5. The lowest BCUT2D eigenvalue weighted by Gasteiger charge is -2.32. The minimum absolute atomic E-state index is 0.0473. The van der Waals surface area contributed by atoms with E-state index in [1.165, 1.54) is 90.9 Å². The highest BCUT2D eigenvalue weighted by molar-refractivity contribution is 5.92. The van der Waals surface area contributed by atoms with Crippen LogP contribution in [0.5, 0.6) is 0 Å². The maximum atomic E-state index is 12.9. The second-order valence-electron chi connectivity index (χ2n) is 16.1. The van der Waals surface area contributed by atoms with E-state index >= 15 is 0 Å². The van der Waals surface area contributed by atoms with Gasteiger partial charge in [0.15, 0.2) is 0 Å². The molecule has 0 heterocycles. The summed E-state index contributed by atoms with van der Waals surface area (Å²) in [6.07, 6.45) is 12.8. The van der Waals surface area contributed by atoms with Crippen molar-refractivity contribution in [2.75, 3.05) is 13.2 Å². The number of rotatable bonds is 39. The Morgan fingerprint density at radius 3 is 1.69 bits per heavy atom. The van der Waals surface area contributed by atoms with Gasteiger partial charge in [0.25, 0.3) is 0 Å². The number of amides is 6. The fourth-order valence-electron chi connectivity index (χ4n) is 6.65. The minimum Gasteiger partial charge on any atom is -0.480 e. The molecule has 0 saturated heterocycles. The normalized spacial score (nSPS) is 15.1. The Bertz CT molecular complexity index is 1340. The molecule has 0 aliphatic rings. The number of unbranched alkanes of at least 4 members (excludes halogenated alkanes) is 15. The smallest absolute Gasteiger partial charge is 0.326 e. The van der Waals surface area contributed by atoms with Crippen molar-refractivity contribution in [3.05, 3.63) is 0 Å². The highest BCUT2D eigenvalue weighted by atomic mass is 16.5. The van der Waals surface area contributed by atoms with Crippen molar-refractivity contribution in [1.82, 2.24) is 26.6 Å². The molecule has 5 unspecified atom stereocenters. The van der Waals surface area contributed by atoms with Crippen molar-refractivity contribution in [2.24, 2.45) is 5.73 Å². The Morgan fingerprint density at radius 1 is 0.661 bits per heavy atom. The molecule has 19 heteroatoms. The molecule has 0 saturated carbocycles. The third-order valence-corrected chi connectivity index (χ3v) is 10.5. The summed E-state index contributed by atoms with van der Waals surface area (Å²) in [5.74, 6) is -5.55. The molecular weight excluding hydrogens is 809 g/mol. The monoisotopic (exact) mass is 887 g/mol. The number of aliphatic hydroxyl groups is 3. The average molecular weight is 887 g/mol. The highest BCUT2D eigenvalue weighted by Gasteiger charge is 2.37. The molecule has 0 aliphatic carbocycles. The Hall–Kier alpha value is -4.20. The van der Waals surface area contributed by atoms with Gasteiger partial charge in [-0.25, -0.2) is 4.79 Å². The third-order valence-electron chi connectivity index (χ3n) is 10.5. The SMILES string of the molecule is CCCCCCCCCCCCCCCCCC(=O)NCCCCC(NC(=O)CC[C@@H](NC(=O)[C@H](C)NC(=O)[C@@H](C)OC(C(C=O)NC(C)=O)C(O)C(O)CO)C(N)=O)C(=O)O. The van der Waals surface area contributed by atoms with Gasteiger partial charge in [0.05, 0.1) is 6.61 Å². The first-order valence-corrected chi connectivity index (χ1v) is 22.5. The molecule has 62 heavy (non-hydrogen) atoms. The lowest BCUT2D eigenvalue weighted by molar-refractivity contribution is -0.158. The maximum Gasteiger partial charge on any atom is 0.326 e. The topological polar surface area (TPSA) is 313 Å². The number of carboxylic acid groups (broad SMARTS) is 1. The summed E-state index contributed by atoms with van der Waals surface area (Å²) in [5, 5.41) is 51.3. The van der Waals surface area contributed by atoms with Crippen LogP contribution in [0.15, 0.2) is 0 Å². The van der Waals surface area contributed by atoms with Crippen LogP contribution in [0.1, 0.15) is 163 Å². The Morgan fingerprint density at radius 2 is 1.21 bits per heavy atom. The van der Waals surface area contributed by atoms with Gasteiger partial charge < -0.3 is 62.3 Å². The van der Waals surface area contributed by atoms with E-state index in [1.807, 2.05) is 0 Å². The second kappa shape index (κ2) is 35.3. The highest BCUT2D eigenvalue weighted by Crippen LogP contribution is 2.15. The summed E-state index contributed by atoms with van der Waals surface area (Å²) in [6, 6.07) is -5.46. The maximum absolute atomic E-state index is 12.9. The number of hydrogen-bond acceptors (Lipinski definition) is 12. The summed E-state index contributed by atoms with van der Waals surface area (Å²) < 4.78 is 5.47. The fourth-order valence-corrected chi connectivity index (χ4v) is 6.65. The van der Waals surface area contributed by atoms with Gasteiger partial charge in [-0.15, -0.1) is 0 Å². The molecule has 8 atom stereocenters. The minimum atomic E-state index is -1.92. The van der Waals surface area contributed by atoms with Crippen molar-refractivity contribution in [1.29, 1.82) is 0 Å². The van der Waals surface area contributed by atoms with Crippen LogP contribution in [0, 0.1) is 0 Å². The average Bonchev–Trinajstić information content (AvgIpc) is 3.23. The van der Waals surface area contributed by atoms with E-state index in [2.05, 4.69) is 33.5 Å². The van der Waals surface area contributed by atoms with Crippen LogP contribution < -0.4 is 32.3 Å². The zero-order chi connectivity index (χ0) is 46.9. The van der Waals surface area contributed by atoms with Crippen LogP contribution in [0.3, 0.4) is 0 Å². The Balaban J connectivity index is 4.59. The van der Waals surface area contributed by atoms with E-state index < -0.39 is 90.7 Å². The number of hydrogen-bond donors (Lipinski definition) is 10. The first-order chi connectivity index (χ1) is 29.5. The van der Waals surface area contributed by atoms with Gasteiger partial charge in [-0.3, -0.25) is 28.8 Å². The Labute approximate surface area is 367 Å². The van der Waals surface area contributed by atoms with Crippen molar-refractivity contribution in [3.8, 4) is 0 Å². The largest absolute Gasteiger partial charge is 0.480 e. The van der Waals surface area contributed by atoms with Crippen LogP contribution in [0.4, 0.5) is 0 Å². The van der Waals surface area contributed by atoms with Crippen molar-refractivity contribution in [3.63, 3.8) is 0 Å². The first-order valence-electron chi connectivity index (χ1n) is 22.5. The quantitative estimate of drug-likeness (QED) is 0.0310. The third kappa shape index (κ3) is 27.7. The van der Waals surface area contributed by atoms with Crippen LogP contribution >= 0.6 is 0 Å². The van der Waals surface area contributed by atoms with E-state index in [1.54, 1.807) is 0 Å². The van der Waals surface area contributed by atoms with E-state index in [0.29, 0.717) is 25.8 Å². The predicted molar refractivity (Wildman–Crippen MR) is 231 cm³/mol. The number of primary amides is 1. The second-order valence-corrected chi connectivity index (χ2v) is 16.1. The van der Waals surface area contributed by atoms with Crippen LogP contribution in [-0.2, 0) is 43.1 Å². The molecule has 0 bridgehead atoms. The van der Waals surface area contributed by atoms with Crippen molar-refractivity contribution < 1.29 is 63.5 Å². The summed E-state index contributed by atoms with van der Waals surface area (Å²) in [6.45, 7) is 5.20. The molecule has 0 aromatic rings. The number of carbonyl (C=O) groups is 8. The molecule has 0 aromatic carbocycles. The number of nitrogens with two attached hydrogens (primary N) is 1. The van der Waals surface area contributed by atoms with Gasteiger partial charge in [-0.1, -0.05) is 96.8 Å². The van der Waals surface area contributed by atoms with Gasteiger partial charge in [-0.05, 0) is 46.0 Å². The molecular formula is C43H78N6O13. The van der Waals surface area contributed by atoms with E-state index in [-0.39, 0.29) is 31.5 Å². The lowest BCUT2D eigenvalue weighted by Crippen LogP contribution is -2.57. The number of aldehydes is 1. The standard InChI is InChI=1S/C43H78N6O13/c1-5-6-7-8-9-10-11-12-13-14-15-16-17-18-19-23-36(54)45-26-21-20-22-33(43(60)61)48-37(55)25-24-32(40(44)57)49-41(58)29(2)46-42(59)30(3)62-39(38(56)35(53)28-51)34(27-50)47-31(4)52/h27,29-30,32-35,38-39,51,53,56H,5-26,28H2,1-4H3,(H2,44,57)(H,45,54)(H,46,59)(H,47,52)(H,48,55)(H,49,58)(H,60,61)/t29-,30+,32+,33?,34?,35?,38?,39?/m0/s1. The molecule has 358 valence electrons. The summed E-state index contributed by atoms with van der Waals surface area (Å²) in [5.41, 5.74) is 5.43. The summed E-state index contributed by atoms with van der Waals surface area (Å²) >= 11 is 0. The van der Waals surface area contributed by atoms with Gasteiger partial charge >= 0.3 is 5.97 Å². The van der Waals surface area contributed by atoms with Gasteiger partial charge in [-0.2, -0.15) is 0 Å². The molecule has 0 radical (unpaired) electrons. The molecule has 19 nitrogen and oxygen atoms in total. The number of carbonyl (C=O) groups excluding carboxylic acids is 7. The summed E-state index contributed by atoms with van der Waals surface area (Å²) in [7, 11) is 0. The number of aliphatic hydroxyl groups excluding tert-OH is 3. The van der Waals surface area contributed by atoms with Crippen molar-refractivity contribution in [2.45, 2.75) is 211 Å². The molecule has 6 amide bonds. The van der Waals surface area contributed by atoms with Crippen LogP contribution in [0.25, 0.3) is 0 Å². The number of carboxylic acids is 1. The predicted octanol–water partition coefficient (Wildman–Crippen LogP) is 1.55. The Kier molecular flexibility index (Phi) is 32.9. The molecule has 0 aromatic heterocycles. The number of ether oxygens (including phenoxy) is 1. The van der Waals surface area contributed by atoms with Gasteiger partial charge in [0.2, 0.25) is 35.4 Å². The molecule has 0 spiro atoms. The number of aliphatic carboxylic acids is 1. The fraction of sp³-hybridized carbons (Fsp3) is 0.814. The van der Waals surface area contributed by atoms with E-state index in [0.717, 1.165) is 26.2 Å². The molecule has 0 aliphatic heterocycles. The molecule has 11 N–H and O–H groups in total. The van der Waals surface area contributed by atoms with Crippen LogP contribution in [0.2, 0.25) is 0 Å². The van der Waals surface area contributed by atoms with Gasteiger partial charge in [0.1, 0.15) is 54.9 Å². The number of nitrogens with one attached hydrogen (secondary N) is 5. The van der Waals surface area contributed by atoms with E-state index in [9.17, 15) is 58.8 Å². The summed E-state index contributed by atoms with van der Waals surface area (Å²) in [4.78, 5) is 97.7. The lowest BCUT2D eigenvalue weighted by atomic mass is 10.0. The van der Waals surface area contributed by atoms with Crippen molar-refractivity contribution >= 4 is 47.7 Å². The van der Waals surface area contributed by atoms with Gasteiger partial charge in [0, 0.05) is 26.3 Å². The first kappa shape index (κ1) is 57.8. The zero-order valence-electron chi connectivity index (χ0n) is 37.5. The molecule has 0 fully saturated rings.